The van der Waals surface area contributed by atoms with Gasteiger partial charge in [-0.1, -0.05) is 118 Å². The molecule has 2 aromatic rings. The molecule has 0 aliphatic heterocycles. The van der Waals surface area contributed by atoms with Crippen LogP contribution in [0.1, 0.15) is 107 Å². The van der Waals surface area contributed by atoms with E-state index >= 15 is 0 Å². The highest BCUT2D eigenvalue weighted by molar-refractivity contribution is 6.30. The summed E-state index contributed by atoms with van der Waals surface area (Å²) < 4.78 is 0. The lowest BCUT2D eigenvalue weighted by molar-refractivity contribution is -0.143. The molecule has 4 rings (SSSR count). The van der Waals surface area contributed by atoms with Crippen molar-refractivity contribution < 1.29 is 43.8 Å². The zero-order chi connectivity index (χ0) is 45.0. The molecule has 340 valence electrons. The summed E-state index contributed by atoms with van der Waals surface area (Å²) in [7, 11) is 0. The van der Waals surface area contributed by atoms with Gasteiger partial charge in [-0.2, -0.15) is 0 Å². The molecule has 2 fully saturated rings. The number of hydrogen-bond acceptors (Lipinski definition) is 9. The van der Waals surface area contributed by atoms with Crippen molar-refractivity contribution in [2.24, 2.45) is 23.3 Å². The van der Waals surface area contributed by atoms with Crippen molar-refractivity contribution in [3.63, 3.8) is 0 Å². The highest BCUT2D eigenvalue weighted by atomic mass is 35.5. The second-order valence-electron chi connectivity index (χ2n) is 16.8. The zero-order valence-corrected chi connectivity index (χ0v) is 36.1. The molecule has 17 heteroatoms. The Hall–Kier alpha value is -5.06. The van der Waals surface area contributed by atoms with Crippen molar-refractivity contribution in [2.75, 3.05) is 6.54 Å². The number of amides is 5. The van der Waals surface area contributed by atoms with Gasteiger partial charge in [0.2, 0.25) is 29.5 Å². The van der Waals surface area contributed by atoms with Crippen LogP contribution >= 0.6 is 11.6 Å². The van der Waals surface area contributed by atoms with Gasteiger partial charge >= 0.3 is 11.9 Å². The molecule has 0 spiro atoms. The molecule has 0 saturated heterocycles. The van der Waals surface area contributed by atoms with Crippen LogP contribution in [0.25, 0.3) is 0 Å². The van der Waals surface area contributed by atoms with Crippen LogP contribution in [0.2, 0.25) is 5.02 Å². The van der Waals surface area contributed by atoms with Crippen LogP contribution in [0.4, 0.5) is 0 Å². The van der Waals surface area contributed by atoms with Gasteiger partial charge in [-0.15, -0.1) is 0 Å². The van der Waals surface area contributed by atoms with Crippen molar-refractivity contribution in [3.05, 3.63) is 70.7 Å². The van der Waals surface area contributed by atoms with Gasteiger partial charge in [-0.05, 0) is 67.2 Å². The fraction of sp³-hybridized carbons (Fsp3) is 0.578. The van der Waals surface area contributed by atoms with Crippen molar-refractivity contribution in [1.29, 1.82) is 0 Å². The third-order valence-corrected chi connectivity index (χ3v) is 12.1. The summed E-state index contributed by atoms with van der Waals surface area (Å²) in [4.78, 5) is 91.5. The van der Waals surface area contributed by atoms with E-state index in [0.29, 0.717) is 17.0 Å². The van der Waals surface area contributed by atoms with Crippen molar-refractivity contribution >= 4 is 53.1 Å². The molecular formula is C45H64ClN7O9. The van der Waals surface area contributed by atoms with Gasteiger partial charge in [0.1, 0.15) is 24.2 Å². The van der Waals surface area contributed by atoms with Gasteiger partial charge in [0.05, 0.1) is 12.1 Å². The molecule has 1 unspecified atom stereocenters. The fourth-order valence-electron chi connectivity index (χ4n) is 8.24. The summed E-state index contributed by atoms with van der Waals surface area (Å²) in [6.45, 7) is -0.0573. The number of hydrogen-bond donors (Lipinski definition) is 9. The number of carbonyl (C=O) groups excluding carboxylic acids is 5. The average Bonchev–Trinajstić information content (AvgIpc) is 3.25. The van der Waals surface area contributed by atoms with Crippen molar-refractivity contribution in [3.8, 4) is 0 Å². The number of rotatable bonds is 24. The molecule has 16 nitrogen and oxygen atoms in total. The Bertz CT molecular complexity index is 1790. The van der Waals surface area contributed by atoms with Gasteiger partial charge in [0.15, 0.2) is 0 Å². The first-order chi connectivity index (χ1) is 29.7. The smallest absolute Gasteiger partial charge is 0.326 e. The van der Waals surface area contributed by atoms with Crippen LogP contribution in [-0.2, 0) is 46.4 Å². The third kappa shape index (κ3) is 17.4. The quantitative estimate of drug-likeness (QED) is 0.0739. The number of carboxylic acid groups (broad SMARTS) is 2. The molecule has 5 amide bonds. The number of carbonyl (C=O) groups is 7. The van der Waals surface area contributed by atoms with Gasteiger partial charge in [-0.25, -0.2) is 4.79 Å². The monoisotopic (exact) mass is 881 g/mol. The number of aliphatic carboxylic acids is 2. The lowest BCUT2D eigenvalue weighted by Gasteiger charge is -2.28. The number of benzene rings is 2. The predicted octanol–water partition coefficient (Wildman–Crippen LogP) is 3.12. The molecule has 6 atom stereocenters. The normalized spacial score (nSPS) is 17.5. The Labute approximate surface area is 368 Å². The van der Waals surface area contributed by atoms with Gasteiger partial charge < -0.3 is 48.3 Å². The molecule has 0 bridgehead atoms. The third-order valence-electron chi connectivity index (χ3n) is 11.8. The minimum absolute atomic E-state index is 0.0104. The second-order valence-corrected chi connectivity index (χ2v) is 17.2. The van der Waals surface area contributed by atoms with Crippen LogP contribution in [0, 0.1) is 11.8 Å². The number of halogens is 1. The van der Waals surface area contributed by atoms with Crippen LogP contribution in [-0.4, -0.2) is 94.5 Å². The minimum Gasteiger partial charge on any atom is -0.481 e. The summed E-state index contributed by atoms with van der Waals surface area (Å²) in [5.74, 6) is -5.38. The van der Waals surface area contributed by atoms with Crippen molar-refractivity contribution in [2.45, 2.75) is 145 Å². The Morgan fingerprint density at radius 1 is 0.565 bits per heavy atom. The maximum Gasteiger partial charge on any atom is 0.326 e. The largest absolute Gasteiger partial charge is 0.481 e. The number of carboxylic acids is 2. The lowest BCUT2D eigenvalue weighted by atomic mass is 9.84. The SMILES string of the molecule is NC(CCNC(=O)[C@H](CC1CCCCC1)NC(=O)[C@@H](N)Cc1ccc(Cl)cc1)C(=O)N[C@@H](CCC(=O)O)C(=O)N[C@@H](Cc1ccccc1)C(=O)N[C@@H](CC1CCCCC1)C(=O)O. The first kappa shape index (κ1) is 49.6. The van der Waals surface area contributed by atoms with E-state index in [4.69, 9.17) is 23.1 Å². The van der Waals surface area contributed by atoms with Crippen LogP contribution in [0.3, 0.4) is 0 Å². The molecule has 2 aliphatic rings. The maximum atomic E-state index is 13.8. The van der Waals surface area contributed by atoms with Crippen LogP contribution in [0.15, 0.2) is 54.6 Å². The molecule has 2 saturated carbocycles. The second kappa shape index (κ2) is 25.8. The van der Waals surface area contributed by atoms with Gasteiger partial charge in [0, 0.05) is 24.4 Å². The van der Waals surface area contributed by atoms with E-state index in [9.17, 15) is 43.8 Å². The Balaban J connectivity index is 1.38. The average molecular weight is 882 g/mol. The molecule has 0 heterocycles. The molecule has 62 heavy (non-hydrogen) atoms. The van der Waals surface area contributed by atoms with E-state index in [2.05, 4.69) is 26.6 Å². The lowest BCUT2D eigenvalue weighted by Crippen LogP contribution is -2.58. The van der Waals surface area contributed by atoms with E-state index in [1.54, 1.807) is 54.6 Å². The highest BCUT2D eigenvalue weighted by Gasteiger charge is 2.33. The predicted molar refractivity (Wildman–Crippen MR) is 233 cm³/mol. The number of nitrogens with one attached hydrogen (secondary N) is 5. The molecule has 0 radical (unpaired) electrons. The molecule has 0 aromatic heterocycles. The van der Waals surface area contributed by atoms with E-state index in [-0.39, 0.29) is 50.5 Å². The van der Waals surface area contributed by atoms with Gasteiger partial charge in [0.25, 0.3) is 0 Å². The summed E-state index contributed by atoms with van der Waals surface area (Å²) >= 11 is 5.99. The Morgan fingerprint density at radius 2 is 1.06 bits per heavy atom. The van der Waals surface area contributed by atoms with E-state index < -0.39 is 84.1 Å². The summed E-state index contributed by atoms with van der Waals surface area (Å²) in [5.41, 5.74) is 13.9. The van der Waals surface area contributed by atoms with E-state index in [1.165, 1.54) is 0 Å². The molecular weight excluding hydrogens is 818 g/mol. The molecule has 11 N–H and O–H groups in total. The highest BCUT2D eigenvalue weighted by Crippen LogP contribution is 2.28. The Kier molecular flexibility index (Phi) is 20.6. The number of nitrogens with two attached hydrogens (primary N) is 2. The topological polar surface area (TPSA) is 272 Å². The standard InChI is InChI=1S/C45H64ClN7O9/c46-32-18-16-31(17-19-32)24-34(48)41(57)51-36(25-28-10-4-1-5-11-28)42(58)49-23-22-33(47)40(56)50-35(20-21-39(54)55)43(59)52-37(26-29-12-6-2-7-13-29)44(60)53-38(45(61)62)27-30-14-8-3-9-15-30/h2,6-7,12-13,16-19,28,30,33-38H,1,3-5,8-11,14-15,20-27,47-48H2,(H,49,58)(H,50,56)(H,51,57)(H,52,59)(H,53,60)(H,54,55)(H,61,62)/t33?,34-,35-,36-,37-,38-/m0/s1. The van der Waals surface area contributed by atoms with Crippen LogP contribution in [0.5, 0.6) is 0 Å². The molecule has 2 aromatic carbocycles. The van der Waals surface area contributed by atoms with E-state index in [1.807, 2.05) is 0 Å². The minimum atomic E-state index is -1.42. The molecule has 2 aliphatic carbocycles. The van der Waals surface area contributed by atoms with Gasteiger partial charge in [-0.3, -0.25) is 28.8 Å². The Morgan fingerprint density at radius 3 is 1.65 bits per heavy atom. The zero-order valence-electron chi connectivity index (χ0n) is 35.3. The summed E-state index contributed by atoms with van der Waals surface area (Å²) in [5, 5.41) is 33.3. The first-order valence-electron chi connectivity index (χ1n) is 21.9. The van der Waals surface area contributed by atoms with Crippen LogP contribution < -0.4 is 38.1 Å². The summed E-state index contributed by atoms with van der Waals surface area (Å²) in [6.07, 6.45) is 9.81. The maximum absolute atomic E-state index is 13.8. The first-order valence-corrected chi connectivity index (χ1v) is 22.3. The summed E-state index contributed by atoms with van der Waals surface area (Å²) in [6, 6.07) is 8.84. The van der Waals surface area contributed by atoms with Crippen molar-refractivity contribution in [1.82, 2.24) is 26.6 Å². The van der Waals surface area contributed by atoms with E-state index in [0.717, 1.165) is 69.8 Å². The fourth-order valence-corrected chi connectivity index (χ4v) is 8.36.